The molecule has 98 valence electrons. The molecule has 0 aliphatic carbocycles. The summed E-state index contributed by atoms with van der Waals surface area (Å²) in [5.41, 5.74) is 1.80. The molecule has 0 aliphatic heterocycles. The summed E-state index contributed by atoms with van der Waals surface area (Å²) in [7, 11) is 1.58. The molecule has 0 fully saturated rings. The van der Waals surface area contributed by atoms with E-state index in [4.69, 9.17) is 16.3 Å². The van der Waals surface area contributed by atoms with Crippen molar-refractivity contribution in [3.8, 4) is 5.75 Å². The highest BCUT2D eigenvalue weighted by atomic mass is 35.5. The number of carbonyl (C=O) groups excluding carboxylic acids is 1. The molecule has 0 atom stereocenters. The van der Waals surface area contributed by atoms with Crippen LogP contribution in [0.15, 0.2) is 48.5 Å². The van der Waals surface area contributed by atoms with Gasteiger partial charge in [0.05, 0.1) is 12.1 Å². The van der Waals surface area contributed by atoms with Crippen molar-refractivity contribution in [3.05, 3.63) is 64.7 Å². The first-order valence-electron chi connectivity index (χ1n) is 6.11. The van der Waals surface area contributed by atoms with E-state index in [1.54, 1.807) is 13.2 Å². The van der Waals surface area contributed by atoms with E-state index < -0.39 is 0 Å². The van der Waals surface area contributed by atoms with Gasteiger partial charge in [0.25, 0.3) is 0 Å². The third-order valence-corrected chi connectivity index (χ3v) is 3.26. The summed E-state index contributed by atoms with van der Waals surface area (Å²) in [6.07, 6.45) is 1.16. The van der Waals surface area contributed by atoms with Crippen LogP contribution in [0.5, 0.6) is 5.75 Å². The van der Waals surface area contributed by atoms with Gasteiger partial charge < -0.3 is 4.74 Å². The summed E-state index contributed by atoms with van der Waals surface area (Å²) in [5.74, 6) is 0.792. The highest BCUT2D eigenvalue weighted by Crippen LogP contribution is 2.25. The van der Waals surface area contributed by atoms with E-state index in [-0.39, 0.29) is 5.78 Å². The Morgan fingerprint density at radius 2 is 1.89 bits per heavy atom. The summed E-state index contributed by atoms with van der Waals surface area (Å²) in [6.45, 7) is 0. The van der Waals surface area contributed by atoms with Gasteiger partial charge in [0.2, 0.25) is 0 Å². The second-order valence-electron chi connectivity index (χ2n) is 4.26. The van der Waals surface area contributed by atoms with Gasteiger partial charge in [-0.05, 0) is 24.1 Å². The van der Waals surface area contributed by atoms with Crippen molar-refractivity contribution in [2.24, 2.45) is 0 Å². The molecule has 0 spiro atoms. The number of hydrogen-bond acceptors (Lipinski definition) is 2. The summed E-state index contributed by atoms with van der Waals surface area (Å²) in [6, 6.07) is 14.9. The van der Waals surface area contributed by atoms with Crippen molar-refractivity contribution in [2.75, 3.05) is 7.11 Å². The van der Waals surface area contributed by atoms with E-state index in [1.807, 2.05) is 42.5 Å². The molecule has 0 N–H and O–H groups in total. The van der Waals surface area contributed by atoms with Crippen LogP contribution in [0, 0.1) is 0 Å². The second-order valence-corrected chi connectivity index (χ2v) is 4.67. The third kappa shape index (κ3) is 3.58. The van der Waals surface area contributed by atoms with Crippen LogP contribution >= 0.6 is 11.6 Å². The highest BCUT2D eigenvalue weighted by Gasteiger charge is 2.07. The summed E-state index contributed by atoms with van der Waals surface area (Å²) in [5, 5.41) is 0.584. The fraction of sp³-hybridized carbons (Fsp3) is 0.188. The molecule has 2 aromatic carbocycles. The molecule has 0 amide bonds. The molecule has 0 saturated heterocycles. The Balaban J connectivity index is 2.01. The van der Waals surface area contributed by atoms with Crippen LogP contribution in [0.25, 0.3) is 0 Å². The minimum Gasteiger partial charge on any atom is -0.495 e. The molecule has 0 radical (unpaired) electrons. The van der Waals surface area contributed by atoms with Crippen molar-refractivity contribution in [1.29, 1.82) is 0 Å². The lowest BCUT2D eigenvalue weighted by atomic mass is 10.0. The SMILES string of the molecule is COc1cc(CCC(=O)c2ccccc2)ccc1Cl. The fourth-order valence-corrected chi connectivity index (χ4v) is 2.08. The number of aryl methyl sites for hydroxylation is 1. The first-order chi connectivity index (χ1) is 9.20. The Labute approximate surface area is 118 Å². The van der Waals surface area contributed by atoms with Gasteiger partial charge in [-0.25, -0.2) is 0 Å². The average molecular weight is 275 g/mol. The lowest BCUT2D eigenvalue weighted by Gasteiger charge is -2.06. The molecule has 0 bridgehead atoms. The van der Waals surface area contributed by atoms with Crippen LogP contribution in [0.2, 0.25) is 5.02 Å². The van der Waals surface area contributed by atoms with Gasteiger partial charge in [-0.2, -0.15) is 0 Å². The van der Waals surface area contributed by atoms with E-state index in [1.165, 1.54) is 0 Å². The lowest BCUT2D eigenvalue weighted by molar-refractivity contribution is 0.0983. The molecule has 2 rings (SSSR count). The minimum absolute atomic E-state index is 0.148. The fourth-order valence-electron chi connectivity index (χ4n) is 1.89. The Hall–Kier alpha value is -1.80. The number of carbonyl (C=O) groups is 1. The third-order valence-electron chi connectivity index (χ3n) is 2.95. The largest absolute Gasteiger partial charge is 0.495 e. The minimum atomic E-state index is 0.148. The van der Waals surface area contributed by atoms with Gasteiger partial charge in [-0.1, -0.05) is 48.0 Å². The van der Waals surface area contributed by atoms with Crippen molar-refractivity contribution in [3.63, 3.8) is 0 Å². The van der Waals surface area contributed by atoms with Crippen LogP contribution < -0.4 is 4.74 Å². The lowest BCUT2D eigenvalue weighted by Crippen LogP contribution is -2.01. The molecular weight excluding hydrogens is 260 g/mol. The number of hydrogen-bond donors (Lipinski definition) is 0. The maximum absolute atomic E-state index is 12.0. The normalized spacial score (nSPS) is 10.2. The van der Waals surface area contributed by atoms with Crippen LogP contribution in [0.1, 0.15) is 22.3 Å². The molecule has 0 unspecified atom stereocenters. The van der Waals surface area contributed by atoms with Crippen molar-refractivity contribution < 1.29 is 9.53 Å². The van der Waals surface area contributed by atoms with Gasteiger partial charge in [0.15, 0.2) is 5.78 Å². The van der Waals surface area contributed by atoms with E-state index in [2.05, 4.69) is 0 Å². The molecular formula is C16H15ClO2. The first kappa shape index (κ1) is 13.6. The molecule has 19 heavy (non-hydrogen) atoms. The molecule has 0 heterocycles. The maximum Gasteiger partial charge on any atom is 0.163 e. The quantitative estimate of drug-likeness (QED) is 0.765. The predicted molar refractivity (Wildman–Crippen MR) is 77.1 cm³/mol. The Morgan fingerprint density at radius 3 is 2.58 bits per heavy atom. The predicted octanol–water partition coefficient (Wildman–Crippen LogP) is 4.16. The van der Waals surface area contributed by atoms with Crippen LogP contribution in [0.4, 0.5) is 0 Å². The van der Waals surface area contributed by atoms with Crippen molar-refractivity contribution in [2.45, 2.75) is 12.8 Å². The first-order valence-corrected chi connectivity index (χ1v) is 6.49. The van der Waals surface area contributed by atoms with Gasteiger partial charge in [-0.3, -0.25) is 4.79 Å². The standard InChI is InChI=1S/C16H15ClO2/c1-19-16-11-12(7-9-14(16)17)8-10-15(18)13-5-3-2-4-6-13/h2-7,9,11H,8,10H2,1H3. The number of Topliss-reactive ketones (excluding diaryl/α,β-unsaturated/α-hetero) is 1. The van der Waals surface area contributed by atoms with E-state index in [0.717, 1.165) is 11.1 Å². The number of halogens is 1. The topological polar surface area (TPSA) is 26.3 Å². The molecule has 0 aliphatic rings. The number of benzene rings is 2. The van der Waals surface area contributed by atoms with Gasteiger partial charge in [-0.15, -0.1) is 0 Å². The van der Waals surface area contributed by atoms with Crippen LogP contribution in [-0.2, 0) is 6.42 Å². The number of methoxy groups -OCH3 is 1. The number of rotatable bonds is 5. The van der Waals surface area contributed by atoms with E-state index >= 15 is 0 Å². The summed E-state index contributed by atoms with van der Waals surface area (Å²) in [4.78, 5) is 12.0. The van der Waals surface area contributed by atoms with Crippen LogP contribution in [0.3, 0.4) is 0 Å². The van der Waals surface area contributed by atoms with E-state index in [0.29, 0.717) is 23.6 Å². The van der Waals surface area contributed by atoms with Gasteiger partial charge in [0, 0.05) is 12.0 Å². The zero-order chi connectivity index (χ0) is 13.7. The number of ether oxygens (including phenoxy) is 1. The van der Waals surface area contributed by atoms with Crippen molar-refractivity contribution >= 4 is 17.4 Å². The molecule has 3 heteroatoms. The molecule has 0 aromatic heterocycles. The average Bonchev–Trinajstić information content (AvgIpc) is 2.47. The van der Waals surface area contributed by atoms with Crippen LogP contribution in [-0.4, -0.2) is 12.9 Å². The zero-order valence-corrected chi connectivity index (χ0v) is 11.5. The second kappa shape index (κ2) is 6.39. The van der Waals surface area contributed by atoms with Gasteiger partial charge in [0.1, 0.15) is 5.75 Å². The Kier molecular flexibility index (Phi) is 4.58. The van der Waals surface area contributed by atoms with Crippen molar-refractivity contribution in [1.82, 2.24) is 0 Å². The van der Waals surface area contributed by atoms with E-state index in [9.17, 15) is 4.79 Å². The number of ketones is 1. The van der Waals surface area contributed by atoms with Gasteiger partial charge >= 0.3 is 0 Å². The summed E-state index contributed by atoms with van der Waals surface area (Å²) < 4.78 is 5.16. The monoisotopic (exact) mass is 274 g/mol. The zero-order valence-electron chi connectivity index (χ0n) is 10.7. The Bertz CT molecular complexity index is 564. The molecule has 2 nitrogen and oxygen atoms in total. The summed E-state index contributed by atoms with van der Waals surface area (Å²) >= 11 is 5.96. The smallest absolute Gasteiger partial charge is 0.163 e. The Morgan fingerprint density at radius 1 is 1.16 bits per heavy atom. The molecule has 0 saturated carbocycles. The molecule has 2 aromatic rings. The maximum atomic E-state index is 12.0. The highest BCUT2D eigenvalue weighted by molar-refractivity contribution is 6.32.